The quantitative estimate of drug-likeness (QED) is 0.521. The molecule has 0 aliphatic rings. The van der Waals surface area contributed by atoms with Crippen LogP contribution in [0, 0.1) is 0 Å². The minimum Gasteiger partial charge on any atom is -0.0848 e. The molecule has 0 rings (SSSR count). The molecule has 0 spiro atoms. The van der Waals surface area contributed by atoms with E-state index in [-0.39, 0.29) is 0 Å². The molecular formula is C10H16. The summed E-state index contributed by atoms with van der Waals surface area (Å²) < 4.78 is 0. The molecule has 0 nitrogen and oxygen atoms in total. The van der Waals surface area contributed by atoms with Gasteiger partial charge in [0.15, 0.2) is 0 Å². The maximum Gasteiger partial charge on any atom is -0.0376 e. The Bertz CT molecular complexity index is 147. The molecule has 0 amide bonds. The van der Waals surface area contributed by atoms with Crippen molar-refractivity contribution in [1.29, 1.82) is 0 Å². The SMILES string of the molecule is CC=C(C)C=CC=CCC. The molecule has 0 aliphatic carbocycles. The minimum absolute atomic E-state index is 1.11. The predicted molar refractivity (Wildman–Crippen MR) is 48.0 cm³/mol. The highest BCUT2D eigenvalue weighted by Gasteiger charge is 1.72. The monoisotopic (exact) mass is 136 g/mol. The van der Waals surface area contributed by atoms with Crippen LogP contribution in [-0.4, -0.2) is 0 Å². The molecule has 0 aromatic heterocycles. The number of hydrogen-bond donors (Lipinski definition) is 0. The van der Waals surface area contributed by atoms with Gasteiger partial charge in [-0.1, -0.05) is 42.9 Å². The third kappa shape index (κ3) is 5.36. The average molecular weight is 136 g/mol. The smallest absolute Gasteiger partial charge is 0.0376 e. The molecule has 0 aromatic carbocycles. The molecule has 0 radical (unpaired) electrons. The van der Waals surface area contributed by atoms with Crippen LogP contribution in [-0.2, 0) is 0 Å². The van der Waals surface area contributed by atoms with Crippen molar-refractivity contribution in [3.8, 4) is 0 Å². The first-order chi connectivity index (χ1) is 4.81. The predicted octanol–water partition coefficient (Wildman–Crippen LogP) is 3.48. The highest BCUT2D eigenvalue weighted by molar-refractivity contribution is 5.19. The van der Waals surface area contributed by atoms with Crippen LogP contribution in [0.4, 0.5) is 0 Å². The van der Waals surface area contributed by atoms with Crippen LogP contribution in [0.1, 0.15) is 27.2 Å². The Morgan fingerprint density at radius 2 is 2.00 bits per heavy atom. The molecule has 0 heteroatoms. The van der Waals surface area contributed by atoms with E-state index in [0.717, 1.165) is 6.42 Å². The molecular weight excluding hydrogens is 120 g/mol. The fourth-order valence-electron chi connectivity index (χ4n) is 0.518. The summed E-state index contributed by atoms with van der Waals surface area (Å²) in [6, 6.07) is 0. The molecule has 0 atom stereocenters. The second-order valence-corrected chi connectivity index (χ2v) is 2.23. The second-order valence-electron chi connectivity index (χ2n) is 2.23. The third-order valence-electron chi connectivity index (χ3n) is 1.30. The summed E-state index contributed by atoms with van der Waals surface area (Å²) in [5.74, 6) is 0. The zero-order chi connectivity index (χ0) is 7.82. The van der Waals surface area contributed by atoms with E-state index in [1.165, 1.54) is 5.57 Å². The highest BCUT2D eigenvalue weighted by Crippen LogP contribution is 1.93. The van der Waals surface area contributed by atoms with Gasteiger partial charge in [-0.05, 0) is 20.3 Å². The van der Waals surface area contributed by atoms with Gasteiger partial charge in [0.05, 0.1) is 0 Å². The van der Waals surface area contributed by atoms with Crippen LogP contribution in [0.5, 0.6) is 0 Å². The van der Waals surface area contributed by atoms with E-state index in [1.54, 1.807) is 0 Å². The lowest BCUT2D eigenvalue weighted by Crippen LogP contribution is -1.62. The van der Waals surface area contributed by atoms with Gasteiger partial charge >= 0.3 is 0 Å². The van der Waals surface area contributed by atoms with Gasteiger partial charge < -0.3 is 0 Å². The van der Waals surface area contributed by atoms with Gasteiger partial charge in [0.2, 0.25) is 0 Å². The number of hydrogen-bond acceptors (Lipinski definition) is 0. The molecule has 0 heterocycles. The van der Waals surface area contributed by atoms with Crippen molar-refractivity contribution in [2.24, 2.45) is 0 Å². The van der Waals surface area contributed by atoms with Crippen molar-refractivity contribution in [3.63, 3.8) is 0 Å². The van der Waals surface area contributed by atoms with Gasteiger partial charge in [-0.3, -0.25) is 0 Å². The third-order valence-corrected chi connectivity index (χ3v) is 1.30. The molecule has 0 saturated heterocycles. The molecule has 0 aromatic rings. The number of rotatable bonds is 3. The van der Waals surface area contributed by atoms with Crippen molar-refractivity contribution >= 4 is 0 Å². The van der Waals surface area contributed by atoms with Crippen molar-refractivity contribution in [2.75, 3.05) is 0 Å². The topological polar surface area (TPSA) is 0 Å². The van der Waals surface area contributed by atoms with Crippen LogP contribution in [0.15, 0.2) is 36.0 Å². The van der Waals surface area contributed by atoms with Gasteiger partial charge in [0.1, 0.15) is 0 Å². The summed E-state index contributed by atoms with van der Waals surface area (Å²) in [6.07, 6.45) is 11.6. The van der Waals surface area contributed by atoms with E-state index in [0.29, 0.717) is 0 Å². The lowest BCUT2D eigenvalue weighted by molar-refractivity contribution is 1.22. The van der Waals surface area contributed by atoms with Gasteiger partial charge in [0.25, 0.3) is 0 Å². The van der Waals surface area contributed by atoms with E-state index < -0.39 is 0 Å². The lowest BCUT2D eigenvalue weighted by Gasteiger charge is -1.83. The Balaban J connectivity index is 3.66. The maximum atomic E-state index is 2.14. The van der Waals surface area contributed by atoms with Crippen LogP contribution in [0.25, 0.3) is 0 Å². The van der Waals surface area contributed by atoms with Crippen LogP contribution < -0.4 is 0 Å². The van der Waals surface area contributed by atoms with Crippen molar-refractivity contribution in [3.05, 3.63) is 36.0 Å². The fraction of sp³-hybridized carbons (Fsp3) is 0.400. The summed E-state index contributed by atoms with van der Waals surface area (Å²) in [7, 11) is 0. The first-order valence-electron chi connectivity index (χ1n) is 3.77. The van der Waals surface area contributed by atoms with Crippen molar-refractivity contribution in [1.82, 2.24) is 0 Å². The standard InChI is InChI=1S/C10H16/c1-4-6-7-8-9-10(3)5-2/h5-9H,4H2,1-3H3. The fourth-order valence-corrected chi connectivity index (χ4v) is 0.518. The Labute approximate surface area is 64.0 Å². The Kier molecular flexibility index (Phi) is 5.85. The molecule has 56 valence electrons. The minimum atomic E-state index is 1.11. The lowest BCUT2D eigenvalue weighted by atomic mass is 10.2. The zero-order valence-electron chi connectivity index (χ0n) is 7.09. The highest BCUT2D eigenvalue weighted by atomic mass is 13.8. The summed E-state index contributed by atoms with van der Waals surface area (Å²) in [5.41, 5.74) is 1.31. The molecule has 0 bridgehead atoms. The first-order valence-corrected chi connectivity index (χ1v) is 3.77. The van der Waals surface area contributed by atoms with Crippen molar-refractivity contribution < 1.29 is 0 Å². The molecule has 0 aliphatic heterocycles. The van der Waals surface area contributed by atoms with Crippen LogP contribution in [0.3, 0.4) is 0 Å². The summed E-state index contributed by atoms with van der Waals surface area (Å²) in [5, 5.41) is 0. The molecule has 10 heavy (non-hydrogen) atoms. The maximum absolute atomic E-state index is 2.14. The largest absolute Gasteiger partial charge is 0.0848 e. The summed E-state index contributed by atoms with van der Waals surface area (Å²) in [6.45, 7) is 6.27. The van der Waals surface area contributed by atoms with E-state index in [2.05, 4.69) is 44.2 Å². The van der Waals surface area contributed by atoms with Gasteiger partial charge in [-0.15, -0.1) is 0 Å². The van der Waals surface area contributed by atoms with E-state index in [4.69, 9.17) is 0 Å². The molecule has 0 unspecified atom stereocenters. The Morgan fingerprint density at radius 3 is 2.50 bits per heavy atom. The zero-order valence-corrected chi connectivity index (χ0v) is 7.09. The van der Waals surface area contributed by atoms with Crippen molar-refractivity contribution in [2.45, 2.75) is 27.2 Å². The van der Waals surface area contributed by atoms with Crippen LogP contribution >= 0.6 is 0 Å². The van der Waals surface area contributed by atoms with E-state index >= 15 is 0 Å². The van der Waals surface area contributed by atoms with E-state index in [9.17, 15) is 0 Å². The summed E-state index contributed by atoms with van der Waals surface area (Å²) >= 11 is 0. The molecule has 0 saturated carbocycles. The second kappa shape index (κ2) is 6.34. The van der Waals surface area contributed by atoms with Gasteiger partial charge in [-0.2, -0.15) is 0 Å². The van der Waals surface area contributed by atoms with Gasteiger partial charge in [-0.25, -0.2) is 0 Å². The normalized spacial score (nSPS) is 13.7. The average Bonchev–Trinajstić information content (AvgIpc) is 1.98. The Hall–Kier alpha value is -0.780. The van der Waals surface area contributed by atoms with Gasteiger partial charge in [0, 0.05) is 0 Å². The summed E-state index contributed by atoms with van der Waals surface area (Å²) in [4.78, 5) is 0. The Morgan fingerprint density at radius 1 is 1.30 bits per heavy atom. The van der Waals surface area contributed by atoms with Crippen LogP contribution in [0.2, 0.25) is 0 Å². The molecule has 0 N–H and O–H groups in total. The molecule has 0 fully saturated rings. The first kappa shape index (κ1) is 9.22. The number of allylic oxidation sites excluding steroid dienone is 6. The van der Waals surface area contributed by atoms with E-state index in [1.807, 2.05) is 6.92 Å².